The molecule has 0 radical (unpaired) electrons. The molecular weight excluding hydrogens is 799 g/mol. The van der Waals surface area contributed by atoms with Gasteiger partial charge in [0.05, 0.1) is 19.2 Å². The van der Waals surface area contributed by atoms with E-state index in [0.29, 0.717) is 66.1 Å². The summed E-state index contributed by atoms with van der Waals surface area (Å²) in [5.74, 6) is 10.5. The lowest BCUT2D eigenvalue weighted by Gasteiger charge is -2.52. The number of aromatic hydroxyl groups is 2. The van der Waals surface area contributed by atoms with Gasteiger partial charge in [0.2, 0.25) is 0 Å². The Morgan fingerprint density at radius 3 is 2.62 bits per heavy atom. The van der Waals surface area contributed by atoms with Crippen LogP contribution in [-0.4, -0.2) is 39.1 Å². The molecule has 9 bridgehead atoms. The van der Waals surface area contributed by atoms with E-state index in [1.807, 2.05) is 64.1 Å². The number of carbonyl (C=O) groups excluding carboxylic acids is 2. The Morgan fingerprint density at radius 2 is 1.79 bits per heavy atom. The highest BCUT2D eigenvalue weighted by Crippen LogP contribution is 2.72. The standard InChI is InChI=1S/C51H57N3O5S2/c1-2-4-43-34-10-11-36-27-50(43)18-15-37(55)12-7-31-9-14-46(57)48(22-31)59-20-17-32-8-13-45(56)42(21-32)41-25-47(58)38-16-19-54-44(38)6-3-5-33-23-40(49(52)53)35(24-39(33)41)28-60-61-30-51(36,26-34)29-50/h8-9,13-16,18-19,21-24,34,36,41,43,49,54,56-57H,2,4,6-7,10-12,17,20,25-30,52-53H2,1H3. The van der Waals surface area contributed by atoms with Crippen molar-refractivity contribution in [3.63, 3.8) is 0 Å². The largest absolute Gasteiger partial charge is 0.508 e. The molecule has 9 rings (SSSR count). The summed E-state index contributed by atoms with van der Waals surface area (Å²) in [7, 11) is 3.80. The van der Waals surface area contributed by atoms with Crippen LogP contribution in [-0.2, 0) is 29.8 Å². The highest BCUT2D eigenvalue weighted by Gasteiger charge is 2.63. The molecule has 6 atom stereocenters. The minimum Gasteiger partial charge on any atom is -0.508 e. The van der Waals surface area contributed by atoms with Gasteiger partial charge in [-0.05, 0) is 138 Å². The van der Waals surface area contributed by atoms with Crippen LogP contribution in [0.5, 0.6) is 17.2 Å². The molecular formula is C51H57N3O5S2. The molecule has 5 aliphatic rings. The number of nitrogens with two attached hydrogens (primary N) is 2. The number of phenols is 2. The molecule has 8 nitrogen and oxygen atoms in total. The third kappa shape index (κ3) is 8.32. The van der Waals surface area contributed by atoms with Gasteiger partial charge in [0.25, 0.3) is 0 Å². The molecule has 4 aliphatic carbocycles. The van der Waals surface area contributed by atoms with Crippen molar-refractivity contribution in [1.29, 1.82) is 0 Å². The maximum atomic E-state index is 14.2. The summed E-state index contributed by atoms with van der Waals surface area (Å²) in [6.45, 7) is 2.57. The summed E-state index contributed by atoms with van der Waals surface area (Å²) in [4.78, 5) is 31.0. The molecule has 3 aromatic carbocycles. The van der Waals surface area contributed by atoms with Crippen LogP contribution in [0.4, 0.5) is 0 Å². The monoisotopic (exact) mass is 855 g/mol. The van der Waals surface area contributed by atoms with Crippen molar-refractivity contribution in [3.05, 3.63) is 123 Å². The zero-order valence-corrected chi connectivity index (χ0v) is 36.6. The summed E-state index contributed by atoms with van der Waals surface area (Å²) in [5, 5.41) is 22.4. The SMILES string of the molecule is CCCC1C2CCC3CC14C=CC(=O)CCc1ccc(O)c(c1)OCCc1ccc(O)c(c1)C1CC(=O)c5cc[nH]c5CC#Cc5cc(C(N)N)c(cc51)CSSCC3(C2)C4. The first-order valence-corrected chi connectivity index (χ1v) is 24.6. The van der Waals surface area contributed by atoms with Crippen molar-refractivity contribution in [2.75, 3.05) is 12.4 Å². The number of aryl methyl sites for hydroxylation is 1. The summed E-state index contributed by atoms with van der Waals surface area (Å²) < 4.78 is 6.17. The minimum atomic E-state index is -0.723. The molecule has 4 aromatic rings. The molecule has 1 aliphatic heterocycles. The third-order valence-electron chi connectivity index (χ3n) is 14.7. The average molecular weight is 856 g/mol. The van der Waals surface area contributed by atoms with Crippen LogP contribution in [0, 0.1) is 40.4 Å². The fraction of sp³-hybridized carbons (Fsp3) is 0.451. The van der Waals surface area contributed by atoms with Crippen LogP contribution in [0.25, 0.3) is 0 Å². The number of allylic oxidation sites excluding steroid dienone is 2. The molecule has 3 fully saturated rings. The zero-order valence-electron chi connectivity index (χ0n) is 35.0. The quantitative estimate of drug-likeness (QED) is 0.0771. The first kappa shape index (κ1) is 41.9. The Kier molecular flexibility index (Phi) is 12.0. The number of Topliss-reactive ketones (excluding diaryl/α,β-unsaturated/α-hetero) is 1. The van der Waals surface area contributed by atoms with Gasteiger partial charge in [-0.2, -0.15) is 0 Å². The Labute approximate surface area is 367 Å². The lowest BCUT2D eigenvalue weighted by Crippen LogP contribution is -2.44. The number of nitrogens with one attached hydrogen (secondary N) is 1. The predicted molar refractivity (Wildman–Crippen MR) is 245 cm³/mol. The van der Waals surface area contributed by atoms with Crippen LogP contribution in [0.15, 0.2) is 72.9 Å². The van der Waals surface area contributed by atoms with Crippen molar-refractivity contribution >= 4 is 33.2 Å². The van der Waals surface area contributed by atoms with Gasteiger partial charge in [-0.1, -0.05) is 77.1 Å². The van der Waals surface area contributed by atoms with Gasteiger partial charge in [0.1, 0.15) is 5.75 Å². The van der Waals surface area contributed by atoms with Crippen LogP contribution in [0.3, 0.4) is 0 Å². The third-order valence-corrected chi connectivity index (χ3v) is 17.2. The van der Waals surface area contributed by atoms with Crippen LogP contribution < -0.4 is 16.2 Å². The van der Waals surface area contributed by atoms with E-state index in [0.717, 1.165) is 64.1 Å². The molecule has 61 heavy (non-hydrogen) atoms. The van der Waals surface area contributed by atoms with Crippen molar-refractivity contribution in [3.8, 4) is 29.1 Å². The summed E-state index contributed by atoms with van der Waals surface area (Å²) in [6.07, 6.45) is 15.8. The van der Waals surface area contributed by atoms with Gasteiger partial charge < -0.3 is 31.4 Å². The molecule has 1 aromatic heterocycles. The Bertz CT molecular complexity index is 2430. The number of H-pyrrole nitrogens is 1. The van der Waals surface area contributed by atoms with E-state index in [-0.39, 0.29) is 46.9 Å². The topological polar surface area (TPSA) is 152 Å². The van der Waals surface area contributed by atoms with E-state index in [2.05, 4.69) is 35.9 Å². The van der Waals surface area contributed by atoms with Crippen molar-refractivity contribution < 1.29 is 24.5 Å². The smallest absolute Gasteiger partial charge is 0.165 e. The minimum absolute atomic E-state index is 0.0270. The lowest BCUT2D eigenvalue weighted by molar-refractivity contribution is -0.114. The molecule has 3 saturated carbocycles. The lowest BCUT2D eigenvalue weighted by atomic mass is 9.54. The highest BCUT2D eigenvalue weighted by atomic mass is 33.1. The van der Waals surface area contributed by atoms with Gasteiger partial charge in [-0.15, -0.1) is 0 Å². The fourth-order valence-electron chi connectivity index (χ4n) is 11.9. The number of ketones is 2. The van der Waals surface area contributed by atoms with Crippen LogP contribution >= 0.6 is 21.6 Å². The van der Waals surface area contributed by atoms with E-state index in [9.17, 15) is 19.8 Å². The van der Waals surface area contributed by atoms with E-state index in [1.165, 1.54) is 25.7 Å². The summed E-state index contributed by atoms with van der Waals surface area (Å²) in [6, 6.07) is 16.8. The number of ether oxygens (including phenoxy) is 1. The van der Waals surface area contributed by atoms with E-state index in [4.69, 9.17) is 16.2 Å². The molecule has 7 N–H and O–H groups in total. The molecule has 1 spiro atoms. The van der Waals surface area contributed by atoms with Crippen LogP contribution in [0.2, 0.25) is 0 Å². The molecule has 0 amide bonds. The van der Waals surface area contributed by atoms with Gasteiger partial charge in [-0.25, -0.2) is 0 Å². The molecule has 6 unspecified atom stereocenters. The number of aromatic nitrogens is 1. The fourth-order valence-corrected chi connectivity index (χ4v) is 14.7. The van der Waals surface area contributed by atoms with E-state index >= 15 is 0 Å². The maximum absolute atomic E-state index is 14.2. The Balaban J connectivity index is 1.11. The number of phenolic OH excluding ortho intramolecular Hbond substituents is 2. The van der Waals surface area contributed by atoms with Crippen LogP contribution in [0.1, 0.15) is 132 Å². The van der Waals surface area contributed by atoms with Gasteiger partial charge >= 0.3 is 0 Å². The molecule has 10 heteroatoms. The van der Waals surface area contributed by atoms with E-state index < -0.39 is 12.1 Å². The number of benzene rings is 3. The number of fused-ring (bicyclic) bond motifs is 8. The molecule has 2 heterocycles. The van der Waals surface area contributed by atoms with Crippen molar-refractivity contribution in [2.45, 2.75) is 102 Å². The number of aromatic amines is 1. The number of carbonyl (C=O) groups is 2. The summed E-state index contributed by atoms with van der Waals surface area (Å²) >= 11 is 0. The number of hydrogen-bond donors (Lipinski definition) is 5. The first-order chi connectivity index (χ1) is 29.5. The Hall–Kier alpha value is -4.40. The van der Waals surface area contributed by atoms with Crippen molar-refractivity contribution in [1.82, 2.24) is 4.98 Å². The predicted octanol–water partition coefficient (Wildman–Crippen LogP) is 9.84. The average Bonchev–Trinajstić information content (AvgIpc) is 3.80. The number of hydrogen-bond acceptors (Lipinski definition) is 9. The second kappa shape index (κ2) is 17.4. The highest BCUT2D eigenvalue weighted by molar-refractivity contribution is 8.76. The van der Waals surface area contributed by atoms with Gasteiger partial charge in [-0.3, -0.25) is 9.59 Å². The first-order valence-electron chi connectivity index (χ1n) is 22.1. The maximum Gasteiger partial charge on any atom is 0.165 e. The van der Waals surface area contributed by atoms with Gasteiger partial charge in [0.15, 0.2) is 23.1 Å². The second-order valence-corrected chi connectivity index (χ2v) is 20.9. The van der Waals surface area contributed by atoms with Crippen molar-refractivity contribution in [2.24, 2.45) is 40.1 Å². The second-order valence-electron chi connectivity index (χ2n) is 18.4. The summed E-state index contributed by atoms with van der Waals surface area (Å²) in [5.41, 5.74) is 20.6. The molecule has 0 saturated heterocycles. The van der Waals surface area contributed by atoms with E-state index in [1.54, 1.807) is 18.3 Å². The Morgan fingerprint density at radius 1 is 0.951 bits per heavy atom. The zero-order chi connectivity index (χ0) is 42.3. The molecule has 318 valence electrons. The van der Waals surface area contributed by atoms with Gasteiger partial charge in [0, 0.05) is 65.3 Å². The number of rotatable bonds is 3. The normalized spacial score (nSPS) is 27.6.